The lowest BCUT2D eigenvalue weighted by Gasteiger charge is -2.05. The molecule has 2 aromatic heterocycles. The van der Waals surface area contributed by atoms with Crippen molar-refractivity contribution in [3.05, 3.63) is 24.0 Å². The molecular formula is C9H14N6O3S. The summed E-state index contributed by atoms with van der Waals surface area (Å²) in [7, 11) is -1.89. The summed E-state index contributed by atoms with van der Waals surface area (Å²) >= 11 is 0. The molecule has 0 aliphatic carbocycles. The first kappa shape index (κ1) is 13.6. The molecule has 0 amide bonds. The van der Waals surface area contributed by atoms with Gasteiger partial charge < -0.3 is 9.84 Å². The highest BCUT2D eigenvalue weighted by atomic mass is 32.2. The lowest BCUT2D eigenvalue weighted by molar-refractivity contribution is 0.409. The van der Waals surface area contributed by atoms with E-state index in [-0.39, 0.29) is 11.6 Å². The van der Waals surface area contributed by atoms with Crippen molar-refractivity contribution in [3.8, 4) is 0 Å². The first-order valence-corrected chi connectivity index (χ1v) is 7.03. The molecule has 0 radical (unpaired) electrons. The maximum Gasteiger partial charge on any atom is 0.257 e. The summed E-state index contributed by atoms with van der Waals surface area (Å²) in [5.41, 5.74) is 0.578. The molecule has 19 heavy (non-hydrogen) atoms. The van der Waals surface area contributed by atoms with Crippen molar-refractivity contribution in [1.29, 1.82) is 0 Å². The molecular weight excluding hydrogens is 272 g/mol. The van der Waals surface area contributed by atoms with Crippen LogP contribution in [0.1, 0.15) is 11.4 Å². The number of nitrogens with zero attached hydrogens (tertiary/aromatic N) is 3. The minimum Gasteiger partial charge on any atom is -0.343 e. The number of aromatic nitrogens is 4. The number of hydrogen-bond acceptors (Lipinski definition) is 7. The number of nitrogens with one attached hydrogen (secondary N) is 3. The molecule has 0 unspecified atom stereocenters. The average Bonchev–Trinajstić information content (AvgIpc) is 3.00. The summed E-state index contributed by atoms with van der Waals surface area (Å²) in [6.07, 6.45) is 3.03. The van der Waals surface area contributed by atoms with E-state index in [0.29, 0.717) is 24.4 Å². The van der Waals surface area contributed by atoms with Crippen LogP contribution in [0, 0.1) is 0 Å². The maximum absolute atomic E-state index is 12.0. The van der Waals surface area contributed by atoms with E-state index < -0.39 is 10.0 Å². The molecule has 104 valence electrons. The third-order valence-electron chi connectivity index (χ3n) is 2.36. The van der Waals surface area contributed by atoms with Gasteiger partial charge in [0.2, 0.25) is 6.39 Å². The van der Waals surface area contributed by atoms with Crippen LogP contribution in [0.3, 0.4) is 0 Å². The Morgan fingerprint density at radius 1 is 1.47 bits per heavy atom. The zero-order valence-electron chi connectivity index (χ0n) is 10.3. The van der Waals surface area contributed by atoms with Crippen molar-refractivity contribution in [3.63, 3.8) is 0 Å². The van der Waals surface area contributed by atoms with E-state index in [1.807, 2.05) is 0 Å². The van der Waals surface area contributed by atoms with Crippen LogP contribution in [0.25, 0.3) is 0 Å². The molecule has 0 aromatic carbocycles. The van der Waals surface area contributed by atoms with Gasteiger partial charge in [0.05, 0.1) is 6.20 Å². The van der Waals surface area contributed by atoms with Gasteiger partial charge in [-0.25, -0.2) is 13.1 Å². The zero-order valence-corrected chi connectivity index (χ0v) is 11.1. The number of aromatic amines is 1. The number of H-pyrrole nitrogens is 1. The first-order chi connectivity index (χ1) is 9.13. The lowest BCUT2D eigenvalue weighted by atomic mass is 10.4. The Bertz CT molecular complexity index is 606. The fraction of sp³-hybridized carbons (Fsp3) is 0.444. The van der Waals surface area contributed by atoms with Crippen LogP contribution < -0.4 is 10.0 Å². The molecule has 0 spiro atoms. The lowest BCUT2D eigenvalue weighted by Crippen LogP contribution is -2.27. The van der Waals surface area contributed by atoms with E-state index in [2.05, 4.69) is 34.9 Å². The zero-order chi connectivity index (χ0) is 13.7. The van der Waals surface area contributed by atoms with Crippen LogP contribution in [-0.2, 0) is 23.0 Å². The predicted molar refractivity (Wildman–Crippen MR) is 64.5 cm³/mol. The molecule has 2 aromatic rings. The molecule has 0 fully saturated rings. The summed E-state index contributed by atoms with van der Waals surface area (Å²) in [6.45, 7) is 0.595. The summed E-state index contributed by atoms with van der Waals surface area (Å²) in [4.78, 5) is 3.80. The van der Waals surface area contributed by atoms with Gasteiger partial charge >= 0.3 is 0 Å². The normalized spacial score (nSPS) is 11.8. The van der Waals surface area contributed by atoms with Gasteiger partial charge in [0.1, 0.15) is 0 Å². The second-order valence-electron chi connectivity index (χ2n) is 3.75. The van der Waals surface area contributed by atoms with Crippen LogP contribution in [0.15, 0.2) is 22.1 Å². The number of hydrogen-bond donors (Lipinski definition) is 3. The smallest absolute Gasteiger partial charge is 0.257 e. The molecule has 0 aliphatic rings. The van der Waals surface area contributed by atoms with Gasteiger partial charge in [-0.1, -0.05) is 5.16 Å². The summed E-state index contributed by atoms with van der Waals surface area (Å²) < 4.78 is 31.1. The van der Waals surface area contributed by atoms with Crippen molar-refractivity contribution in [2.24, 2.45) is 0 Å². The molecule has 0 saturated carbocycles. The van der Waals surface area contributed by atoms with Crippen LogP contribution in [0.2, 0.25) is 0 Å². The Morgan fingerprint density at radius 3 is 3.00 bits per heavy atom. The van der Waals surface area contributed by atoms with Gasteiger partial charge in [-0.15, -0.1) is 0 Å². The highest BCUT2D eigenvalue weighted by Gasteiger charge is 2.20. The Kier molecular flexibility index (Phi) is 4.24. The molecule has 10 heteroatoms. The first-order valence-electron chi connectivity index (χ1n) is 5.55. The van der Waals surface area contributed by atoms with Crippen LogP contribution in [0.4, 0.5) is 0 Å². The molecule has 0 saturated heterocycles. The molecule has 0 bridgehead atoms. The van der Waals surface area contributed by atoms with Crippen molar-refractivity contribution < 1.29 is 12.9 Å². The Labute approximate surface area is 109 Å². The Hall–Kier alpha value is -1.78. The second kappa shape index (κ2) is 5.91. The van der Waals surface area contributed by atoms with Gasteiger partial charge in [0.15, 0.2) is 10.9 Å². The SMILES string of the molecule is CNCc1cn[nH]c1S(=O)(=O)NCCc1ncon1. The van der Waals surface area contributed by atoms with Gasteiger partial charge in [0, 0.05) is 25.1 Å². The van der Waals surface area contributed by atoms with Crippen molar-refractivity contribution >= 4 is 10.0 Å². The number of rotatable bonds is 7. The molecule has 3 N–H and O–H groups in total. The van der Waals surface area contributed by atoms with Crippen molar-refractivity contribution in [1.82, 2.24) is 30.4 Å². The largest absolute Gasteiger partial charge is 0.343 e. The molecule has 9 nitrogen and oxygen atoms in total. The van der Waals surface area contributed by atoms with Crippen molar-refractivity contribution in [2.75, 3.05) is 13.6 Å². The highest BCUT2D eigenvalue weighted by Crippen LogP contribution is 2.11. The average molecular weight is 286 g/mol. The van der Waals surface area contributed by atoms with E-state index in [4.69, 9.17) is 0 Å². The van der Waals surface area contributed by atoms with Gasteiger partial charge in [0.25, 0.3) is 10.0 Å². The predicted octanol–water partition coefficient (Wildman–Crippen LogP) is -0.967. The minimum atomic E-state index is -3.62. The maximum atomic E-state index is 12.0. The highest BCUT2D eigenvalue weighted by molar-refractivity contribution is 7.89. The molecule has 2 rings (SSSR count). The third kappa shape index (κ3) is 3.36. The van der Waals surface area contributed by atoms with Crippen LogP contribution in [-0.4, -0.2) is 42.3 Å². The topological polar surface area (TPSA) is 126 Å². The fourth-order valence-corrected chi connectivity index (χ4v) is 2.68. The van der Waals surface area contributed by atoms with E-state index in [9.17, 15) is 8.42 Å². The Balaban J connectivity index is 1.99. The standard InChI is InChI=1S/C9H14N6O3S/c1-10-4-7-5-12-14-9(7)19(16,17)13-3-2-8-11-6-18-15-8/h5-6,10,13H,2-4H2,1H3,(H,12,14). The quantitative estimate of drug-likeness (QED) is 0.598. The number of sulfonamides is 1. The van der Waals surface area contributed by atoms with E-state index in [0.717, 1.165) is 0 Å². The summed E-state index contributed by atoms with van der Waals surface area (Å²) in [5, 5.41) is 12.8. The van der Waals surface area contributed by atoms with Gasteiger partial charge in [-0.05, 0) is 7.05 Å². The van der Waals surface area contributed by atoms with Crippen LogP contribution >= 0.6 is 0 Å². The van der Waals surface area contributed by atoms with E-state index in [1.54, 1.807) is 7.05 Å². The molecule has 0 atom stereocenters. The minimum absolute atomic E-state index is 0.0648. The molecule has 2 heterocycles. The van der Waals surface area contributed by atoms with Crippen molar-refractivity contribution in [2.45, 2.75) is 18.0 Å². The van der Waals surface area contributed by atoms with E-state index in [1.165, 1.54) is 12.6 Å². The van der Waals surface area contributed by atoms with Crippen LogP contribution in [0.5, 0.6) is 0 Å². The van der Waals surface area contributed by atoms with E-state index >= 15 is 0 Å². The third-order valence-corrected chi connectivity index (χ3v) is 3.84. The Morgan fingerprint density at radius 2 is 2.32 bits per heavy atom. The van der Waals surface area contributed by atoms with Gasteiger partial charge in [-0.3, -0.25) is 5.10 Å². The van der Waals surface area contributed by atoms with Gasteiger partial charge in [-0.2, -0.15) is 10.1 Å². The second-order valence-corrected chi connectivity index (χ2v) is 5.45. The summed E-state index contributed by atoms with van der Waals surface area (Å²) in [5.74, 6) is 0.447. The summed E-state index contributed by atoms with van der Waals surface area (Å²) in [6, 6.07) is 0. The monoisotopic (exact) mass is 286 g/mol. The molecule has 0 aliphatic heterocycles. The fourth-order valence-electron chi connectivity index (χ4n) is 1.52.